The molecule has 2 aromatic carbocycles. The van der Waals surface area contributed by atoms with Crippen molar-refractivity contribution in [2.24, 2.45) is 0 Å². The SMILES string of the molecule is O=C(NCC[C@H]1COc2ccccc2O1)c1cn(Cc2c(F)cccc2F)nn1. The third kappa shape index (κ3) is 4.34. The van der Waals surface area contributed by atoms with Crippen LogP contribution in [-0.2, 0) is 6.54 Å². The Morgan fingerprint density at radius 2 is 1.90 bits per heavy atom. The molecule has 1 N–H and O–H groups in total. The van der Waals surface area contributed by atoms with Crippen molar-refractivity contribution in [1.82, 2.24) is 20.3 Å². The second-order valence-electron chi connectivity index (χ2n) is 6.54. The van der Waals surface area contributed by atoms with Crippen molar-refractivity contribution < 1.29 is 23.0 Å². The van der Waals surface area contributed by atoms with Crippen LogP contribution in [0.15, 0.2) is 48.7 Å². The van der Waals surface area contributed by atoms with Crippen molar-refractivity contribution in [3.63, 3.8) is 0 Å². The summed E-state index contributed by atoms with van der Waals surface area (Å²) < 4.78 is 40.1. The summed E-state index contributed by atoms with van der Waals surface area (Å²) in [6.45, 7) is 0.590. The van der Waals surface area contributed by atoms with E-state index in [2.05, 4.69) is 15.6 Å². The molecule has 1 aliphatic heterocycles. The first kappa shape index (κ1) is 18.9. The molecule has 0 bridgehead atoms. The number of nitrogens with one attached hydrogen (secondary N) is 1. The van der Waals surface area contributed by atoms with Crippen LogP contribution in [0, 0.1) is 11.6 Å². The Hall–Kier alpha value is -3.49. The lowest BCUT2D eigenvalue weighted by Crippen LogP contribution is -2.34. The number of rotatable bonds is 6. The molecule has 1 aliphatic rings. The number of hydrogen-bond acceptors (Lipinski definition) is 5. The molecule has 0 fully saturated rings. The van der Waals surface area contributed by atoms with Gasteiger partial charge in [0, 0.05) is 18.5 Å². The highest BCUT2D eigenvalue weighted by molar-refractivity contribution is 5.91. The smallest absolute Gasteiger partial charge is 0.273 e. The van der Waals surface area contributed by atoms with Gasteiger partial charge in [-0.05, 0) is 24.3 Å². The van der Waals surface area contributed by atoms with Crippen LogP contribution < -0.4 is 14.8 Å². The molecule has 9 heteroatoms. The predicted octanol–water partition coefficient (Wildman–Crippen LogP) is 2.56. The van der Waals surface area contributed by atoms with Crippen molar-refractivity contribution in [2.75, 3.05) is 13.2 Å². The Morgan fingerprint density at radius 1 is 1.14 bits per heavy atom. The Labute approximate surface area is 165 Å². The summed E-state index contributed by atoms with van der Waals surface area (Å²) in [4.78, 5) is 12.2. The van der Waals surface area contributed by atoms with Crippen LogP contribution in [0.5, 0.6) is 11.5 Å². The molecule has 29 heavy (non-hydrogen) atoms. The van der Waals surface area contributed by atoms with Crippen molar-refractivity contribution in [2.45, 2.75) is 19.1 Å². The van der Waals surface area contributed by atoms with E-state index in [1.54, 1.807) is 0 Å². The predicted molar refractivity (Wildman–Crippen MR) is 98.8 cm³/mol. The first-order valence-corrected chi connectivity index (χ1v) is 9.10. The van der Waals surface area contributed by atoms with Crippen molar-refractivity contribution in [3.8, 4) is 11.5 Å². The summed E-state index contributed by atoms with van der Waals surface area (Å²) in [6, 6.07) is 11.0. The van der Waals surface area contributed by atoms with E-state index < -0.39 is 17.5 Å². The largest absolute Gasteiger partial charge is 0.486 e. The molecule has 0 saturated carbocycles. The van der Waals surface area contributed by atoms with Gasteiger partial charge < -0.3 is 14.8 Å². The topological polar surface area (TPSA) is 78.3 Å². The van der Waals surface area contributed by atoms with Gasteiger partial charge in [0.25, 0.3) is 5.91 Å². The number of carbonyl (C=O) groups is 1. The average Bonchev–Trinajstić information content (AvgIpc) is 3.19. The number of halogens is 2. The Balaban J connectivity index is 1.29. The van der Waals surface area contributed by atoms with Gasteiger partial charge in [-0.25, -0.2) is 13.5 Å². The van der Waals surface area contributed by atoms with Gasteiger partial charge in [-0.1, -0.05) is 23.4 Å². The number of fused-ring (bicyclic) bond motifs is 1. The maximum atomic E-state index is 13.7. The summed E-state index contributed by atoms with van der Waals surface area (Å²) in [7, 11) is 0. The van der Waals surface area contributed by atoms with Crippen LogP contribution >= 0.6 is 0 Å². The van der Waals surface area contributed by atoms with Crippen molar-refractivity contribution in [3.05, 3.63) is 71.6 Å². The molecule has 1 amide bonds. The van der Waals surface area contributed by atoms with Gasteiger partial charge in [0.05, 0.1) is 12.7 Å². The third-order valence-corrected chi connectivity index (χ3v) is 4.47. The molecule has 0 aliphatic carbocycles. The number of ether oxygens (including phenoxy) is 2. The van der Waals surface area contributed by atoms with E-state index in [9.17, 15) is 13.6 Å². The molecule has 4 rings (SSSR count). The third-order valence-electron chi connectivity index (χ3n) is 4.47. The monoisotopic (exact) mass is 400 g/mol. The molecule has 0 spiro atoms. The zero-order valence-corrected chi connectivity index (χ0v) is 15.3. The van der Waals surface area contributed by atoms with Crippen LogP contribution in [0.4, 0.5) is 8.78 Å². The second-order valence-corrected chi connectivity index (χ2v) is 6.54. The van der Waals surface area contributed by atoms with E-state index >= 15 is 0 Å². The van der Waals surface area contributed by atoms with Crippen LogP contribution in [0.2, 0.25) is 0 Å². The van der Waals surface area contributed by atoms with Crippen LogP contribution in [0.3, 0.4) is 0 Å². The summed E-state index contributed by atoms with van der Waals surface area (Å²) in [5, 5.41) is 10.3. The van der Waals surface area contributed by atoms with Gasteiger partial charge in [-0.3, -0.25) is 4.79 Å². The minimum absolute atomic E-state index is 0.0629. The highest BCUT2D eigenvalue weighted by Crippen LogP contribution is 2.31. The minimum atomic E-state index is -0.678. The molecule has 150 valence electrons. The fourth-order valence-electron chi connectivity index (χ4n) is 2.97. The molecular weight excluding hydrogens is 382 g/mol. The first-order chi connectivity index (χ1) is 14.1. The molecule has 0 radical (unpaired) electrons. The number of hydrogen-bond donors (Lipinski definition) is 1. The first-order valence-electron chi connectivity index (χ1n) is 9.10. The molecule has 1 aromatic heterocycles. The molecular formula is C20H18F2N4O3. The fraction of sp³-hybridized carbons (Fsp3) is 0.250. The molecule has 0 unspecified atom stereocenters. The van der Waals surface area contributed by atoms with E-state index in [1.165, 1.54) is 29.1 Å². The molecule has 7 nitrogen and oxygen atoms in total. The second kappa shape index (κ2) is 8.26. The zero-order valence-electron chi connectivity index (χ0n) is 15.3. The number of para-hydroxylation sites is 2. The minimum Gasteiger partial charge on any atom is -0.486 e. The van der Waals surface area contributed by atoms with Crippen molar-refractivity contribution in [1.29, 1.82) is 0 Å². The average molecular weight is 400 g/mol. The highest BCUT2D eigenvalue weighted by atomic mass is 19.1. The normalized spacial score (nSPS) is 15.2. The van der Waals surface area contributed by atoms with Crippen LogP contribution in [0.25, 0.3) is 0 Å². The van der Waals surface area contributed by atoms with Crippen LogP contribution in [0.1, 0.15) is 22.5 Å². The Kier molecular flexibility index (Phi) is 5.37. The number of benzene rings is 2. The van der Waals surface area contributed by atoms with Crippen molar-refractivity contribution >= 4 is 5.91 Å². The summed E-state index contributed by atoms with van der Waals surface area (Å²) in [5.41, 5.74) is -0.0769. The van der Waals surface area contributed by atoms with Gasteiger partial charge >= 0.3 is 0 Å². The molecule has 3 aromatic rings. The lowest BCUT2D eigenvalue weighted by Gasteiger charge is -2.26. The van der Waals surface area contributed by atoms with E-state index in [1.807, 2.05) is 24.3 Å². The number of aromatic nitrogens is 3. The van der Waals surface area contributed by atoms with E-state index in [0.717, 1.165) is 0 Å². The molecule has 0 saturated heterocycles. The van der Waals surface area contributed by atoms with Gasteiger partial charge in [0.1, 0.15) is 24.3 Å². The maximum Gasteiger partial charge on any atom is 0.273 e. The van der Waals surface area contributed by atoms with Gasteiger partial charge in [-0.15, -0.1) is 5.10 Å². The standard InChI is InChI=1S/C20H18F2N4O3/c21-15-4-3-5-16(22)14(15)10-26-11-17(24-25-26)20(27)23-9-8-13-12-28-18-6-1-2-7-19(18)29-13/h1-7,11,13H,8-10,12H2,(H,23,27)/t13-/m0/s1. The van der Waals surface area contributed by atoms with Crippen LogP contribution in [-0.4, -0.2) is 40.2 Å². The number of carbonyl (C=O) groups excluding carboxylic acids is 1. The quantitative estimate of drug-likeness (QED) is 0.688. The number of nitrogens with zero attached hydrogens (tertiary/aromatic N) is 3. The van der Waals surface area contributed by atoms with Gasteiger partial charge in [0.15, 0.2) is 17.2 Å². The Morgan fingerprint density at radius 3 is 2.69 bits per heavy atom. The molecule has 2 heterocycles. The van der Waals surface area contributed by atoms with E-state index in [-0.39, 0.29) is 23.9 Å². The summed E-state index contributed by atoms with van der Waals surface area (Å²) >= 11 is 0. The Bertz CT molecular complexity index is 1000. The maximum absolute atomic E-state index is 13.7. The lowest BCUT2D eigenvalue weighted by molar-refractivity contribution is 0.0811. The van der Waals surface area contributed by atoms with Gasteiger partial charge in [0.2, 0.25) is 0 Å². The van der Waals surface area contributed by atoms with Gasteiger partial charge in [-0.2, -0.15) is 0 Å². The molecule has 1 atom stereocenters. The highest BCUT2D eigenvalue weighted by Gasteiger charge is 2.21. The summed E-state index contributed by atoms with van der Waals surface area (Å²) in [5.74, 6) is -0.401. The van der Waals surface area contributed by atoms with E-state index in [4.69, 9.17) is 9.47 Å². The zero-order chi connectivity index (χ0) is 20.2. The van der Waals surface area contributed by atoms with E-state index in [0.29, 0.717) is 31.1 Å². The fourth-order valence-corrected chi connectivity index (χ4v) is 2.97. The lowest BCUT2D eigenvalue weighted by atomic mass is 10.2. The summed E-state index contributed by atoms with van der Waals surface area (Å²) in [6.07, 6.45) is 1.72. The number of amides is 1.